The minimum atomic E-state index is -1.92. The summed E-state index contributed by atoms with van der Waals surface area (Å²) in [6, 6.07) is 15.0. The first-order valence-electron chi connectivity index (χ1n) is 7.94. The molecule has 2 rings (SSSR count). The monoisotopic (exact) mass is 458 g/mol. The smallest absolute Gasteiger partial charge is 0.228 e. The van der Waals surface area contributed by atoms with Crippen LogP contribution in [0.4, 0.5) is 5.69 Å². The van der Waals surface area contributed by atoms with Gasteiger partial charge in [-0.2, -0.15) is 0 Å². The van der Waals surface area contributed by atoms with Crippen LogP contribution in [-0.4, -0.2) is 26.9 Å². The molecule has 0 aromatic heterocycles. The summed E-state index contributed by atoms with van der Waals surface area (Å²) < 4.78 is -1.92. The summed E-state index contributed by atoms with van der Waals surface area (Å²) in [5.41, 5.74) is 0.885. The Morgan fingerprint density at radius 3 is 2.21 bits per heavy atom. The SMILES string of the molecule is O=C(Cc1ccccc1)N[C@@H](NC(=S)Nc1ccccc1C(=O)[O-])C(Cl)(Cl)Cl. The van der Waals surface area contributed by atoms with E-state index >= 15 is 0 Å². The van der Waals surface area contributed by atoms with Gasteiger partial charge in [0.2, 0.25) is 9.70 Å². The summed E-state index contributed by atoms with van der Waals surface area (Å²) in [6.07, 6.45) is -1.09. The molecule has 0 saturated heterocycles. The van der Waals surface area contributed by atoms with Gasteiger partial charge < -0.3 is 25.9 Å². The molecule has 0 unspecified atom stereocenters. The maximum Gasteiger partial charge on any atom is 0.228 e. The van der Waals surface area contributed by atoms with Crippen LogP contribution in [0.1, 0.15) is 15.9 Å². The van der Waals surface area contributed by atoms with Gasteiger partial charge in [0.1, 0.15) is 6.17 Å². The third-order valence-corrected chi connectivity index (χ3v) is 4.39. The molecule has 0 heterocycles. The number of hydrogen-bond donors (Lipinski definition) is 3. The predicted octanol–water partition coefficient (Wildman–Crippen LogP) is 2.39. The molecule has 0 fully saturated rings. The van der Waals surface area contributed by atoms with Gasteiger partial charge in [0.25, 0.3) is 0 Å². The van der Waals surface area contributed by atoms with Crippen molar-refractivity contribution in [2.75, 3.05) is 5.32 Å². The minimum absolute atomic E-state index is 0.0509. The molecule has 0 radical (unpaired) electrons. The molecular weight excluding hydrogens is 445 g/mol. The van der Waals surface area contributed by atoms with Gasteiger partial charge in [0.05, 0.1) is 12.4 Å². The maximum absolute atomic E-state index is 12.3. The summed E-state index contributed by atoms with van der Waals surface area (Å²) in [5.74, 6) is -1.77. The Kier molecular flexibility index (Phi) is 7.88. The molecule has 148 valence electrons. The number of benzene rings is 2. The topological polar surface area (TPSA) is 93.3 Å². The second kappa shape index (κ2) is 9.93. The molecule has 0 aliphatic rings. The second-order valence-corrected chi connectivity index (χ2v) is 8.41. The lowest BCUT2D eigenvalue weighted by Crippen LogP contribution is -2.56. The molecule has 3 N–H and O–H groups in total. The lowest BCUT2D eigenvalue weighted by atomic mass is 10.1. The zero-order valence-electron chi connectivity index (χ0n) is 14.2. The highest BCUT2D eigenvalue weighted by Gasteiger charge is 2.34. The number of amides is 1. The van der Waals surface area contributed by atoms with Gasteiger partial charge in [0.15, 0.2) is 5.11 Å². The van der Waals surface area contributed by atoms with Crippen LogP contribution < -0.4 is 21.1 Å². The molecule has 0 aliphatic heterocycles. The van der Waals surface area contributed by atoms with Crippen molar-refractivity contribution in [1.29, 1.82) is 0 Å². The molecule has 0 bridgehead atoms. The number of nitrogens with one attached hydrogen (secondary N) is 3. The summed E-state index contributed by atoms with van der Waals surface area (Å²) in [4.78, 5) is 23.4. The van der Waals surface area contributed by atoms with Crippen LogP contribution in [0.5, 0.6) is 0 Å². The van der Waals surface area contributed by atoms with Crippen LogP contribution in [0, 0.1) is 0 Å². The summed E-state index contributed by atoms with van der Waals surface area (Å²) >= 11 is 23.0. The Morgan fingerprint density at radius 1 is 1.00 bits per heavy atom. The van der Waals surface area contributed by atoms with Gasteiger partial charge in [-0.05, 0) is 23.8 Å². The summed E-state index contributed by atoms with van der Waals surface area (Å²) in [6.45, 7) is 0. The molecule has 0 spiro atoms. The molecule has 0 aliphatic carbocycles. The maximum atomic E-state index is 12.3. The van der Waals surface area contributed by atoms with Gasteiger partial charge in [-0.3, -0.25) is 4.79 Å². The van der Waals surface area contributed by atoms with Crippen LogP contribution in [0.25, 0.3) is 0 Å². The van der Waals surface area contributed by atoms with E-state index in [1.165, 1.54) is 12.1 Å². The number of para-hydroxylation sites is 1. The standard InChI is InChI=1S/C18H16Cl3N3O3S/c19-18(20,21)16(23-14(25)10-11-6-2-1-3-7-11)24-17(28)22-13-9-5-4-8-12(13)15(26)27/h1-9,16H,10H2,(H,23,25)(H,26,27)(H2,22,24,28)/p-1/t16-/m0/s1. The largest absolute Gasteiger partial charge is 0.545 e. The predicted molar refractivity (Wildman–Crippen MR) is 112 cm³/mol. The Labute approximate surface area is 182 Å². The quantitative estimate of drug-likeness (QED) is 0.349. The Bertz CT molecular complexity index is 860. The number of alkyl halides is 3. The van der Waals surface area contributed by atoms with Crippen molar-refractivity contribution in [2.24, 2.45) is 0 Å². The highest BCUT2D eigenvalue weighted by atomic mass is 35.6. The van der Waals surface area contributed by atoms with E-state index in [4.69, 9.17) is 47.0 Å². The van der Waals surface area contributed by atoms with Crippen molar-refractivity contribution >= 4 is 69.7 Å². The number of carbonyl (C=O) groups is 2. The van der Waals surface area contributed by atoms with Gasteiger partial charge in [-0.25, -0.2) is 0 Å². The van der Waals surface area contributed by atoms with Crippen LogP contribution in [-0.2, 0) is 11.2 Å². The summed E-state index contributed by atoms with van der Waals surface area (Å²) in [7, 11) is 0. The van der Waals surface area contributed by atoms with E-state index in [1.54, 1.807) is 36.4 Å². The highest BCUT2D eigenvalue weighted by molar-refractivity contribution is 7.80. The number of carboxylic acid groups (broad SMARTS) is 1. The third-order valence-electron chi connectivity index (χ3n) is 3.51. The van der Waals surface area contributed by atoms with Crippen LogP contribution >= 0.6 is 47.0 Å². The van der Waals surface area contributed by atoms with Gasteiger partial charge in [0, 0.05) is 11.3 Å². The molecule has 0 saturated carbocycles. The normalized spacial score (nSPS) is 12.0. The Balaban J connectivity index is 2.05. The van der Waals surface area contributed by atoms with Gasteiger partial charge in [-0.15, -0.1) is 0 Å². The summed E-state index contributed by atoms with van der Waals surface area (Å²) in [5, 5.41) is 19.0. The van der Waals surface area contributed by atoms with Crippen molar-refractivity contribution in [3.05, 3.63) is 65.7 Å². The zero-order chi connectivity index (χ0) is 20.7. The van der Waals surface area contributed by atoms with E-state index in [9.17, 15) is 14.7 Å². The van der Waals surface area contributed by atoms with Crippen LogP contribution in [0.15, 0.2) is 54.6 Å². The second-order valence-electron chi connectivity index (χ2n) is 5.64. The first kappa shape index (κ1) is 22.2. The van der Waals surface area contributed by atoms with Crippen molar-refractivity contribution in [3.8, 4) is 0 Å². The Hall–Kier alpha value is -2.06. The molecule has 1 atom stereocenters. The van der Waals surface area contributed by atoms with Gasteiger partial charge in [-0.1, -0.05) is 83.3 Å². The number of aromatic carboxylic acids is 1. The van der Waals surface area contributed by atoms with E-state index < -0.39 is 21.8 Å². The van der Waals surface area contributed by atoms with Crippen molar-refractivity contribution in [2.45, 2.75) is 16.4 Å². The van der Waals surface area contributed by atoms with Crippen molar-refractivity contribution < 1.29 is 14.7 Å². The number of anilines is 1. The minimum Gasteiger partial charge on any atom is -0.545 e. The molecule has 28 heavy (non-hydrogen) atoms. The lowest BCUT2D eigenvalue weighted by Gasteiger charge is -2.28. The molecule has 10 heteroatoms. The Morgan fingerprint density at radius 2 is 1.61 bits per heavy atom. The first-order chi connectivity index (χ1) is 13.2. The fraction of sp³-hybridized carbons (Fsp3) is 0.167. The highest BCUT2D eigenvalue weighted by Crippen LogP contribution is 2.29. The lowest BCUT2D eigenvalue weighted by molar-refractivity contribution is -0.254. The fourth-order valence-electron chi connectivity index (χ4n) is 2.25. The zero-order valence-corrected chi connectivity index (χ0v) is 17.3. The first-order valence-corrected chi connectivity index (χ1v) is 9.49. The van der Waals surface area contributed by atoms with E-state index in [1.807, 2.05) is 6.07 Å². The molecule has 1 amide bonds. The molecule has 2 aromatic carbocycles. The number of carbonyl (C=O) groups excluding carboxylic acids is 2. The van der Waals surface area contributed by atoms with Gasteiger partial charge >= 0.3 is 0 Å². The fourth-order valence-corrected chi connectivity index (χ4v) is 2.81. The molecule has 6 nitrogen and oxygen atoms in total. The van der Waals surface area contributed by atoms with E-state index in [0.29, 0.717) is 0 Å². The molecule has 2 aromatic rings. The van der Waals surface area contributed by atoms with E-state index in [0.717, 1.165) is 5.56 Å². The van der Waals surface area contributed by atoms with E-state index in [2.05, 4.69) is 16.0 Å². The number of thiocarbonyl (C=S) groups is 1. The number of rotatable bonds is 6. The average molecular weight is 460 g/mol. The number of carboxylic acids is 1. The average Bonchev–Trinajstić information content (AvgIpc) is 2.61. The van der Waals surface area contributed by atoms with Crippen LogP contribution in [0.2, 0.25) is 0 Å². The van der Waals surface area contributed by atoms with Crippen molar-refractivity contribution in [1.82, 2.24) is 10.6 Å². The van der Waals surface area contributed by atoms with Crippen molar-refractivity contribution in [3.63, 3.8) is 0 Å². The number of halogens is 3. The molecular formula is C18H15Cl3N3O3S-. The van der Waals surface area contributed by atoms with E-state index in [-0.39, 0.29) is 22.8 Å². The third kappa shape index (κ3) is 6.83. The van der Waals surface area contributed by atoms with Crippen LogP contribution in [0.3, 0.4) is 0 Å². The number of hydrogen-bond acceptors (Lipinski definition) is 4.